The number of hydrogen-bond donors (Lipinski definition) is 1. The first kappa shape index (κ1) is 13.0. The van der Waals surface area contributed by atoms with E-state index in [-0.39, 0.29) is 12.6 Å². The normalized spacial score (nSPS) is 37.4. The van der Waals surface area contributed by atoms with Gasteiger partial charge in [0.2, 0.25) is 0 Å². The van der Waals surface area contributed by atoms with Gasteiger partial charge < -0.3 is 15.2 Å². The number of carbonyl (C=O) groups excluding carboxylic acids is 1. The number of hydrogen-bond acceptors (Lipinski definition) is 5. The summed E-state index contributed by atoms with van der Waals surface area (Å²) >= 11 is 0. The summed E-state index contributed by atoms with van der Waals surface area (Å²) in [6.45, 7) is 2.43. The van der Waals surface area contributed by atoms with E-state index >= 15 is 0 Å². The van der Waals surface area contributed by atoms with Crippen LogP contribution in [-0.4, -0.2) is 36.7 Å². The lowest BCUT2D eigenvalue weighted by molar-refractivity contribution is -0.147. The zero-order chi connectivity index (χ0) is 13.6. The van der Waals surface area contributed by atoms with Crippen molar-refractivity contribution in [2.24, 2.45) is 22.6 Å². The lowest BCUT2D eigenvalue weighted by atomic mass is 9.87. The molecule has 0 aromatic rings. The molecule has 2 rings (SSSR count). The van der Waals surface area contributed by atoms with Crippen molar-refractivity contribution in [3.63, 3.8) is 0 Å². The lowest BCUT2D eigenvalue weighted by Crippen LogP contribution is -2.55. The van der Waals surface area contributed by atoms with Gasteiger partial charge in [0.1, 0.15) is 5.54 Å². The summed E-state index contributed by atoms with van der Waals surface area (Å²) in [5, 5.41) is 0. The van der Waals surface area contributed by atoms with Gasteiger partial charge in [0, 0.05) is 5.92 Å². The summed E-state index contributed by atoms with van der Waals surface area (Å²) in [5.41, 5.74) is 3.67. The van der Waals surface area contributed by atoms with Crippen LogP contribution in [0.25, 0.3) is 0 Å². The van der Waals surface area contributed by atoms with Crippen molar-refractivity contribution in [1.82, 2.24) is 0 Å². The largest absolute Gasteiger partial charge is 0.466 e. The third kappa shape index (κ3) is 1.91. The summed E-state index contributed by atoms with van der Waals surface area (Å²) in [6.07, 6.45) is 0.349. The van der Waals surface area contributed by atoms with Crippen molar-refractivity contribution in [2.75, 3.05) is 13.2 Å². The third-order valence-corrected chi connectivity index (χ3v) is 3.59. The van der Waals surface area contributed by atoms with E-state index in [0.29, 0.717) is 6.42 Å². The number of ether oxygens (including phenoxy) is 2. The molecule has 0 aromatic carbocycles. The SMILES string of the molecule is CCOC(=O)[C@H]1C[C@@H]1[C@@]1(C)N=C(N)OCC1(F)F. The van der Waals surface area contributed by atoms with E-state index in [4.69, 9.17) is 10.5 Å². The molecule has 0 unspecified atom stereocenters. The van der Waals surface area contributed by atoms with Crippen LogP contribution >= 0.6 is 0 Å². The minimum Gasteiger partial charge on any atom is -0.466 e. The number of esters is 1. The molecule has 18 heavy (non-hydrogen) atoms. The van der Waals surface area contributed by atoms with Crippen LogP contribution in [0.1, 0.15) is 20.3 Å². The monoisotopic (exact) mass is 262 g/mol. The van der Waals surface area contributed by atoms with Crippen LogP contribution in [0.3, 0.4) is 0 Å². The van der Waals surface area contributed by atoms with E-state index in [9.17, 15) is 13.6 Å². The van der Waals surface area contributed by atoms with Gasteiger partial charge >= 0.3 is 11.9 Å². The first-order chi connectivity index (χ1) is 8.32. The van der Waals surface area contributed by atoms with Crippen molar-refractivity contribution in [3.8, 4) is 0 Å². The summed E-state index contributed by atoms with van der Waals surface area (Å²) in [7, 11) is 0. The molecular weight excluding hydrogens is 246 g/mol. The van der Waals surface area contributed by atoms with Crippen LogP contribution in [0.15, 0.2) is 4.99 Å². The van der Waals surface area contributed by atoms with E-state index in [1.807, 2.05) is 0 Å². The second-order valence-corrected chi connectivity index (χ2v) is 4.79. The zero-order valence-corrected chi connectivity index (χ0v) is 10.3. The molecule has 2 N–H and O–H groups in total. The van der Waals surface area contributed by atoms with Gasteiger partial charge in [0.15, 0.2) is 6.61 Å². The summed E-state index contributed by atoms with van der Waals surface area (Å²) in [5.74, 6) is -4.65. The van der Waals surface area contributed by atoms with Gasteiger partial charge in [-0.05, 0) is 20.3 Å². The number of aliphatic imine (C=N–C) groups is 1. The molecule has 0 spiro atoms. The molecule has 1 fully saturated rings. The fraction of sp³-hybridized carbons (Fsp3) is 0.818. The highest BCUT2D eigenvalue weighted by Crippen LogP contribution is 2.55. The van der Waals surface area contributed by atoms with Gasteiger partial charge in [-0.1, -0.05) is 0 Å². The van der Waals surface area contributed by atoms with Gasteiger partial charge in [-0.15, -0.1) is 0 Å². The molecule has 0 amide bonds. The van der Waals surface area contributed by atoms with Crippen LogP contribution < -0.4 is 5.73 Å². The number of nitrogens with zero attached hydrogens (tertiary/aromatic N) is 1. The molecule has 1 heterocycles. The molecule has 0 aromatic heterocycles. The van der Waals surface area contributed by atoms with Gasteiger partial charge in [-0.3, -0.25) is 4.79 Å². The molecule has 102 valence electrons. The number of halogens is 2. The highest BCUT2D eigenvalue weighted by Gasteiger charge is 2.66. The molecule has 1 aliphatic heterocycles. The first-order valence-electron chi connectivity index (χ1n) is 5.84. The Bertz CT molecular complexity index is 400. The summed E-state index contributed by atoms with van der Waals surface area (Å²) in [6, 6.07) is -0.252. The van der Waals surface area contributed by atoms with E-state index in [2.05, 4.69) is 9.73 Å². The number of rotatable bonds is 3. The van der Waals surface area contributed by atoms with Gasteiger partial charge in [-0.25, -0.2) is 13.8 Å². The summed E-state index contributed by atoms with van der Waals surface area (Å²) in [4.78, 5) is 15.3. The molecule has 1 saturated carbocycles. The third-order valence-electron chi connectivity index (χ3n) is 3.59. The Hall–Kier alpha value is -1.40. The molecule has 1 aliphatic carbocycles. The van der Waals surface area contributed by atoms with Crippen molar-refractivity contribution in [3.05, 3.63) is 0 Å². The van der Waals surface area contributed by atoms with Crippen molar-refractivity contribution in [2.45, 2.75) is 31.7 Å². The minimum atomic E-state index is -3.14. The van der Waals surface area contributed by atoms with Crippen LogP contribution in [0, 0.1) is 11.8 Å². The van der Waals surface area contributed by atoms with Gasteiger partial charge in [0.05, 0.1) is 12.5 Å². The van der Waals surface area contributed by atoms with E-state index in [0.717, 1.165) is 0 Å². The topological polar surface area (TPSA) is 73.9 Å². The maximum absolute atomic E-state index is 13.9. The van der Waals surface area contributed by atoms with Gasteiger partial charge in [0.25, 0.3) is 6.02 Å². The highest BCUT2D eigenvalue weighted by atomic mass is 19.3. The van der Waals surface area contributed by atoms with E-state index in [1.54, 1.807) is 6.92 Å². The van der Waals surface area contributed by atoms with Crippen molar-refractivity contribution >= 4 is 12.0 Å². The average molecular weight is 262 g/mol. The first-order valence-corrected chi connectivity index (χ1v) is 5.84. The fourth-order valence-corrected chi connectivity index (χ4v) is 2.33. The molecule has 5 nitrogen and oxygen atoms in total. The molecule has 0 saturated heterocycles. The summed E-state index contributed by atoms with van der Waals surface area (Å²) < 4.78 is 37.2. The predicted octanol–water partition coefficient (Wildman–Crippen LogP) is 0.925. The molecule has 3 atom stereocenters. The zero-order valence-electron chi connectivity index (χ0n) is 10.3. The predicted molar refractivity (Wildman–Crippen MR) is 59.2 cm³/mol. The molecular formula is C11H16F2N2O3. The molecule has 2 aliphatic rings. The maximum atomic E-state index is 13.9. The maximum Gasteiger partial charge on any atom is 0.309 e. The van der Waals surface area contributed by atoms with Gasteiger partial charge in [-0.2, -0.15) is 0 Å². The smallest absolute Gasteiger partial charge is 0.309 e. The Kier molecular flexibility index (Phi) is 2.95. The van der Waals surface area contributed by atoms with Crippen LogP contribution in [0.5, 0.6) is 0 Å². The van der Waals surface area contributed by atoms with Crippen LogP contribution in [0.2, 0.25) is 0 Å². The molecule has 7 heteroatoms. The quantitative estimate of drug-likeness (QED) is 0.768. The Morgan fingerprint density at radius 2 is 2.33 bits per heavy atom. The van der Waals surface area contributed by atoms with Crippen LogP contribution in [-0.2, 0) is 14.3 Å². The standard InChI is InChI=1S/C11H16F2N2O3/c1-3-17-8(16)6-4-7(6)10(2)11(12,13)5-18-9(14)15-10/h6-7H,3-5H2,1-2H3,(H2,14,15)/t6-,7-,10+/m0/s1. The van der Waals surface area contributed by atoms with Crippen LogP contribution in [0.4, 0.5) is 8.78 Å². The number of carbonyl (C=O) groups is 1. The van der Waals surface area contributed by atoms with Crippen molar-refractivity contribution in [1.29, 1.82) is 0 Å². The second-order valence-electron chi connectivity index (χ2n) is 4.79. The molecule has 0 bridgehead atoms. The fourth-order valence-electron chi connectivity index (χ4n) is 2.33. The number of alkyl halides is 2. The Morgan fingerprint density at radius 3 is 2.94 bits per heavy atom. The number of amidine groups is 1. The molecule has 0 radical (unpaired) electrons. The van der Waals surface area contributed by atoms with E-state index in [1.165, 1.54) is 6.92 Å². The minimum absolute atomic E-state index is 0.240. The number of nitrogens with two attached hydrogens (primary N) is 1. The highest BCUT2D eigenvalue weighted by molar-refractivity contribution is 5.77. The Balaban J connectivity index is 2.17. The Labute approximate surface area is 103 Å². The van der Waals surface area contributed by atoms with E-state index < -0.39 is 35.9 Å². The lowest BCUT2D eigenvalue weighted by Gasteiger charge is -2.37. The average Bonchev–Trinajstić information content (AvgIpc) is 3.05. The van der Waals surface area contributed by atoms with Crippen molar-refractivity contribution < 1.29 is 23.0 Å². The second kappa shape index (κ2) is 4.07. The Morgan fingerprint density at radius 1 is 1.67 bits per heavy atom.